The second kappa shape index (κ2) is 6.21. The first-order valence-corrected chi connectivity index (χ1v) is 6.29. The second-order valence-electron chi connectivity index (χ2n) is 4.40. The topological polar surface area (TPSA) is 64.1 Å². The Morgan fingerprint density at radius 2 is 1.83 bits per heavy atom. The van der Waals surface area contributed by atoms with E-state index in [2.05, 4.69) is 5.10 Å². The quantitative estimate of drug-likeness (QED) is 0.606. The van der Waals surface area contributed by atoms with Crippen LogP contribution in [-0.2, 0) is 6.54 Å². The van der Waals surface area contributed by atoms with E-state index in [1.165, 1.54) is 0 Å². The molecule has 0 atom stereocenters. The number of aryl methyl sites for hydroxylation is 1. The molecule has 0 aliphatic rings. The van der Waals surface area contributed by atoms with Crippen LogP contribution in [-0.4, -0.2) is 21.5 Å². The fourth-order valence-corrected chi connectivity index (χ4v) is 1.87. The van der Waals surface area contributed by atoms with Gasteiger partial charge in [-0.05, 0) is 37.0 Å². The summed E-state index contributed by atoms with van der Waals surface area (Å²) in [6.45, 7) is 1.17. The lowest BCUT2D eigenvalue weighted by atomic mass is 10.1. The van der Waals surface area contributed by atoms with Gasteiger partial charge in [-0.3, -0.25) is 4.68 Å². The van der Waals surface area contributed by atoms with Crippen LogP contribution >= 0.6 is 0 Å². The highest BCUT2D eigenvalue weighted by Crippen LogP contribution is 2.19. The number of nitrogens with zero attached hydrogens (tertiary/aromatic N) is 2. The number of nitrogens with two attached hydrogens (primary N) is 1. The fourth-order valence-electron chi connectivity index (χ4n) is 1.87. The summed E-state index contributed by atoms with van der Waals surface area (Å²) in [6.07, 6.45) is 6.87. The number of unbranched alkanes of at least 4 members (excludes halogenated alkanes) is 2. The molecule has 0 fully saturated rings. The van der Waals surface area contributed by atoms with E-state index in [0.717, 1.165) is 42.6 Å². The SMILES string of the molecule is Nc1ccc(-c2cnn(CCCCCO)c2)cc1. The van der Waals surface area contributed by atoms with Gasteiger partial charge >= 0.3 is 0 Å². The number of aromatic nitrogens is 2. The monoisotopic (exact) mass is 245 g/mol. The molecule has 0 saturated carbocycles. The summed E-state index contributed by atoms with van der Waals surface area (Å²) in [5, 5.41) is 13.0. The van der Waals surface area contributed by atoms with Crippen LogP contribution in [0, 0.1) is 0 Å². The summed E-state index contributed by atoms with van der Waals surface area (Å²) in [5.41, 5.74) is 8.68. The van der Waals surface area contributed by atoms with Crippen molar-refractivity contribution in [2.24, 2.45) is 0 Å². The van der Waals surface area contributed by atoms with E-state index >= 15 is 0 Å². The van der Waals surface area contributed by atoms with Crippen LogP contribution in [0.2, 0.25) is 0 Å². The molecule has 96 valence electrons. The van der Waals surface area contributed by atoms with Gasteiger partial charge in [0, 0.05) is 30.6 Å². The lowest BCUT2D eigenvalue weighted by molar-refractivity contribution is 0.281. The zero-order valence-corrected chi connectivity index (χ0v) is 10.4. The molecule has 3 N–H and O–H groups in total. The Bertz CT molecular complexity index is 476. The van der Waals surface area contributed by atoms with Gasteiger partial charge in [-0.25, -0.2) is 0 Å². The summed E-state index contributed by atoms with van der Waals surface area (Å²) >= 11 is 0. The molecule has 0 unspecified atom stereocenters. The van der Waals surface area contributed by atoms with Crippen molar-refractivity contribution in [1.29, 1.82) is 0 Å². The molecule has 0 amide bonds. The summed E-state index contributed by atoms with van der Waals surface area (Å²) < 4.78 is 1.95. The number of aliphatic hydroxyl groups is 1. The van der Waals surface area contributed by atoms with Crippen molar-refractivity contribution in [3.05, 3.63) is 36.7 Å². The fraction of sp³-hybridized carbons (Fsp3) is 0.357. The number of hydrogen-bond donors (Lipinski definition) is 2. The number of nitrogen functional groups attached to an aromatic ring is 1. The molecule has 1 aromatic carbocycles. The molecule has 2 rings (SSSR count). The Morgan fingerprint density at radius 3 is 2.56 bits per heavy atom. The molecular formula is C14H19N3O. The van der Waals surface area contributed by atoms with Gasteiger partial charge in [0.2, 0.25) is 0 Å². The lowest BCUT2D eigenvalue weighted by Crippen LogP contribution is -1.98. The third-order valence-electron chi connectivity index (χ3n) is 2.92. The van der Waals surface area contributed by atoms with E-state index in [1.54, 1.807) is 0 Å². The van der Waals surface area contributed by atoms with Gasteiger partial charge < -0.3 is 10.8 Å². The summed E-state index contributed by atoms with van der Waals surface area (Å²) in [7, 11) is 0. The molecular weight excluding hydrogens is 226 g/mol. The van der Waals surface area contributed by atoms with Gasteiger partial charge in [-0.2, -0.15) is 5.10 Å². The minimum Gasteiger partial charge on any atom is -0.399 e. The van der Waals surface area contributed by atoms with Gasteiger partial charge in [0.1, 0.15) is 0 Å². The zero-order valence-electron chi connectivity index (χ0n) is 10.4. The molecule has 0 spiro atoms. The first kappa shape index (κ1) is 12.6. The van der Waals surface area contributed by atoms with E-state index in [-0.39, 0.29) is 6.61 Å². The molecule has 0 radical (unpaired) electrons. The molecule has 0 aliphatic carbocycles. The van der Waals surface area contributed by atoms with Gasteiger partial charge in [0.05, 0.1) is 6.20 Å². The summed E-state index contributed by atoms with van der Waals surface area (Å²) in [5.74, 6) is 0. The van der Waals surface area contributed by atoms with Gasteiger partial charge in [0.25, 0.3) is 0 Å². The highest BCUT2D eigenvalue weighted by atomic mass is 16.2. The minimum atomic E-state index is 0.274. The van der Waals surface area contributed by atoms with Crippen molar-refractivity contribution in [3.63, 3.8) is 0 Å². The molecule has 1 aromatic heterocycles. The average molecular weight is 245 g/mol. The minimum absolute atomic E-state index is 0.274. The largest absolute Gasteiger partial charge is 0.399 e. The molecule has 1 heterocycles. The van der Waals surface area contributed by atoms with Gasteiger partial charge in [0.15, 0.2) is 0 Å². The van der Waals surface area contributed by atoms with Crippen molar-refractivity contribution < 1.29 is 5.11 Å². The Morgan fingerprint density at radius 1 is 1.06 bits per heavy atom. The Hall–Kier alpha value is -1.81. The second-order valence-corrected chi connectivity index (χ2v) is 4.40. The predicted octanol–water partition coefficient (Wildman–Crippen LogP) is 2.29. The highest BCUT2D eigenvalue weighted by molar-refractivity contribution is 5.63. The summed E-state index contributed by atoms with van der Waals surface area (Å²) in [6, 6.07) is 7.80. The lowest BCUT2D eigenvalue weighted by Gasteiger charge is -2.00. The molecule has 4 nitrogen and oxygen atoms in total. The first-order valence-electron chi connectivity index (χ1n) is 6.29. The molecule has 18 heavy (non-hydrogen) atoms. The molecule has 0 saturated heterocycles. The van der Waals surface area contributed by atoms with E-state index in [9.17, 15) is 0 Å². The van der Waals surface area contributed by atoms with Crippen molar-refractivity contribution in [2.45, 2.75) is 25.8 Å². The van der Waals surface area contributed by atoms with Gasteiger partial charge in [-0.1, -0.05) is 12.1 Å². The first-order chi connectivity index (χ1) is 8.79. The smallest absolute Gasteiger partial charge is 0.0568 e. The van der Waals surface area contributed by atoms with Crippen LogP contribution in [0.4, 0.5) is 5.69 Å². The van der Waals surface area contributed by atoms with Crippen molar-refractivity contribution in [1.82, 2.24) is 9.78 Å². The van der Waals surface area contributed by atoms with E-state index in [1.807, 2.05) is 41.3 Å². The highest BCUT2D eigenvalue weighted by Gasteiger charge is 2.01. The number of benzene rings is 1. The van der Waals surface area contributed by atoms with Crippen LogP contribution in [0.15, 0.2) is 36.7 Å². The molecule has 0 aliphatic heterocycles. The molecule has 0 bridgehead atoms. The third-order valence-corrected chi connectivity index (χ3v) is 2.92. The molecule has 4 heteroatoms. The van der Waals surface area contributed by atoms with E-state index < -0.39 is 0 Å². The van der Waals surface area contributed by atoms with Gasteiger partial charge in [-0.15, -0.1) is 0 Å². The number of rotatable bonds is 6. The van der Waals surface area contributed by atoms with Crippen LogP contribution in [0.5, 0.6) is 0 Å². The van der Waals surface area contributed by atoms with Crippen molar-refractivity contribution >= 4 is 5.69 Å². The Kier molecular flexibility index (Phi) is 4.36. The number of aliphatic hydroxyl groups excluding tert-OH is 1. The van der Waals surface area contributed by atoms with Crippen molar-refractivity contribution in [3.8, 4) is 11.1 Å². The van der Waals surface area contributed by atoms with Crippen LogP contribution in [0.25, 0.3) is 11.1 Å². The predicted molar refractivity (Wildman–Crippen MR) is 73.0 cm³/mol. The maximum absolute atomic E-state index is 8.71. The third kappa shape index (κ3) is 3.34. The van der Waals surface area contributed by atoms with E-state index in [4.69, 9.17) is 10.8 Å². The Balaban J connectivity index is 1.95. The number of hydrogen-bond acceptors (Lipinski definition) is 3. The van der Waals surface area contributed by atoms with Crippen LogP contribution in [0.3, 0.4) is 0 Å². The van der Waals surface area contributed by atoms with Crippen LogP contribution in [0.1, 0.15) is 19.3 Å². The normalized spacial score (nSPS) is 10.7. The maximum atomic E-state index is 8.71. The molecule has 2 aromatic rings. The zero-order chi connectivity index (χ0) is 12.8. The summed E-state index contributed by atoms with van der Waals surface area (Å²) in [4.78, 5) is 0. The standard InChI is InChI=1S/C14H19N3O/c15-14-6-4-12(5-7-14)13-10-16-17(11-13)8-2-1-3-9-18/h4-7,10-11,18H,1-3,8-9,15H2. The number of anilines is 1. The van der Waals surface area contributed by atoms with Crippen LogP contribution < -0.4 is 5.73 Å². The van der Waals surface area contributed by atoms with Crippen molar-refractivity contribution in [2.75, 3.05) is 12.3 Å². The maximum Gasteiger partial charge on any atom is 0.0568 e. The Labute approximate surface area is 107 Å². The average Bonchev–Trinajstić information content (AvgIpc) is 2.84. The van der Waals surface area contributed by atoms with E-state index in [0.29, 0.717) is 0 Å².